The van der Waals surface area contributed by atoms with Gasteiger partial charge in [-0.25, -0.2) is 4.79 Å². The van der Waals surface area contributed by atoms with Gasteiger partial charge in [0.05, 0.1) is 39.6 Å². The van der Waals surface area contributed by atoms with Gasteiger partial charge in [0.15, 0.2) is 0 Å². The number of benzene rings is 3. The first kappa shape index (κ1) is 35.0. The van der Waals surface area contributed by atoms with Crippen LogP contribution in [-0.4, -0.2) is 79.4 Å². The van der Waals surface area contributed by atoms with Crippen molar-refractivity contribution in [2.45, 2.75) is 76.1 Å². The molecule has 3 aromatic carbocycles. The van der Waals surface area contributed by atoms with Crippen LogP contribution < -0.4 is 5.32 Å². The minimum Gasteiger partial charge on any atom is -0.467 e. The number of amides is 2. The Balaban J connectivity index is 1.32. The van der Waals surface area contributed by atoms with E-state index < -0.39 is 48.4 Å². The van der Waals surface area contributed by atoms with E-state index >= 15 is 0 Å². The molecular formula is C38H44N2O8. The molecule has 0 aliphatic carbocycles. The van der Waals surface area contributed by atoms with E-state index in [1.54, 1.807) is 6.08 Å². The van der Waals surface area contributed by atoms with E-state index in [-0.39, 0.29) is 12.5 Å². The van der Waals surface area contributed by atoms with Gasteiger partial charge in [-0.05, 0) is 42.5 Å². The zero-order valence-corrected chi connectivity index (χ0v) is 27.4. The molecule has 6 atom stereocenters. The molecular weight excluding hydrogens is 612 g/mol. The maximum absolute atomic E-state index is 12.9. The summed E-state index contributed by atoms with van der Waals surface area (Å²) in [5.41, 5.74) is 3.00. The summed E-state index contributed by atoms with van der Waals surface area (Å²) in [5.74, 6) is -1.27. The van der Waals surface area contributed by atoms with Gasteiger partial charge in [-0.15, -0.1) is 0 Å². The Bertz CT molecular complexity index is 1490. The summed E-state index contributed by atoms with van der Waals surface area (Å²) in [4.78, 5) is 39.3. The minimum atomic E-state index is -0.662. The molecule has 2 fully saturated rings. The lowest BCUT2D eigenvalue weighted by molar-refractivity contribution is -0.251. The first-order chi connectivity index (χ1) is 23.4. The molecule has 2 amide bonds. The quantitative estimate of drug-likeness (QED) is 0.201. The maximum atomic E-state index is 12.9. The second-order valence-corrected chi connectivity index (χ2v) is 11.9. The zero-order valence-electron chi connectivity index (χ0n) is 27.4. The summed E-state index contributed by atoms with van der Waals surface area (Å²) in [6.45, 7) is 3.11. The maximum Gasteiger partial charge on any atom is 0.328 e. The van der Waals surface area contributed by atoms with Gasteiger partial charge < -0.3 is 33.9 Å². The number of carbonyl (C=O) groups excluding carboxylic acids is 3. The minimum absolute atomic E-state index is 0.245. The largest absolute Gasteiger partial charge is 0.467 e. The SMILES string of the molecule is COC(=O)[C@@H]1CCCN1C(=O)CNC(=O)/C=C/[C@H]1O[C@@H](C)[C@@H](OCc2ccccc2)[C@@H](OCc2ccccc2)[C@@H]1OCc1ccccc1. The van der Waals surface area contributed by atoms with Gasteiger partial charge in [-0.3, -0.25) is 9.59 Å². The van der Waals surface area contributed by atoms with Crippen LogP contribution >= 0.6 is 0 Å². The van der Waals surface area contributed by atoms with Gasteiger partial charge in [0.25, 0.3) is 0 Å². The predicted molar refractivity (Wildman–Crippen MR) is 178 cm³/mol. The average molecular weight is 657 g/mol. The fourth-order valence-electron chi connectivity index (χ4n) is 6.06. The molecule has 1 N–H and O–H groups in total. The molecule has 0 aromatic heterocycles. The van der Waals surface area contributed by atoms with Crippen LogP contribution in [0.15, 0.2) is 103 Å². The first-order valence-electron chi connectivity index (χ1n) is 16.4. The highest BCUT2D eigenvalue weighted by atomic mass is 16.6. The molecule has 10 nitrogen and oxygen atoms in total. The van der Waals surface area contributed by atoms with Crippen LogP contribution in [0.3, 0.4) is 0 Å². The lowest BCUT2D eigenvalue weighted by Crippen LogP contribution is -2.58. The van der Waals surface area contributed by atoms with Crippen molar-refractivity contribution in [1.29, 1.82) is 0 Å². The molecule has 10 heteroatoms. The second kappa shape index (κ2) is 17.7. The summed E-state index contributed by atoms with van der Waals surface area (Å²) < 4.78 is 30.9. The average Bonchev–Trinajstić information content (AvgIpc) is 3.62. The third-order valence-electron chi connectivity index (χ3n) is 8.56. The van der Waals surface area contributed by atoms with E-state index in [0.717, 1.165) is 16.7 Å². The Morgan fingerprint density at radius 3 is 1.85 bits per heavy atom. The van der Waals surface area contributed by atoms with Crippen molar-refractivity contribution in [3.63, 3.8) is 0 Å². The van der Waals surface area contributed by atoms with Crippen molar-refractivity contribution in [2.75, 3.05) is 20.2 Å². The summed E-state index contributed by atoms with van der Waals surface area (Å²) in [5, 5.41) is 2.64. The summed E-state index contributed by atoms with van der Waals surface area (Å²) in [6, 6.07) is 29.0. The van der Waals surface area contributed by atoms with E-state index in [2.05, 4.69) is 5.32 Å². The Labute approximate surface area is 282 Å². The molecule has 2 aliphatic heterocycles. The smallest absolute Gasteiger partial charge is 0.328 e. The number of nitrogens with zero attached hydrogens (tertiary/aromatic N) is 1. The molecule has 2 heterocycles. The summed E-state index contributed by atoms with van der Waals surface area (Å²) >= 11 is 0. The molecule has 48 heavy (non-hydrogen) atoms. The highest BCUT2D eigenvalue weighted by Gasteiger charge is 2.46. The van der Waals surface area contributed by atoms with Crippen molar-refractivity contribution in [1.82, 2.24) is 10.2 Å². The van der Waals surface area contributed by atoms with Crippen LogP contribution in [0.25, 0.3) is 0 Å². The van der Waals surface area contributed by atoms with Gasteiger partial charge in [0.2, 0.25) is 11.8 Å². The summed E-state index contributed by atoms with van der Waals surface area (Å²) in [7, 11) is 1.30. The van der Waals surface area contributed by atoms with Crippen LogP contribution in [0, 0.1) is 0 Å². The standard InChI is InChI=1S/C38H44N2O8/c1-27-35(45-24-28-13-6-3-7-14-28)37(47-26-30-17-10-5-11-18-30)36(46-25-29-15-8-4-9-16-29)32(48-27)20-21-33(41)39-23-34(42)40-22-12-19-31(40)38(43)44-2/h3-11,13-18,20-21,27,31-32,35-37H,12,19,22-26H2,1-2H3,(H,39,41)/b21-20+/t27-,31-,32+,35+,36+,37+/m0/s1. The van der Waals surface area contributed by atoms with E-state index in [1.165, 1.54) is 18.1 Å². The molecule has 254 valence electrons. The molecule has 0 radical (unpaired) electrons. The van der Waals surface area contributed by atoms with Gasteiger partial charge in [0.1, 0.15) is 30.5 Å². The van der Waals surface area contributed by atoms with Crippen LogP contribution in [0.2, 0.25) is 0 Å². The van der Waals surface area contributed by atoms with Gasteiger partial charge >= 0.3 is 5.97 Å². The zero-order chi connectivity index (χ0) is 33.7. The van der Waals surface area contributed by atoms with E-state index in [0.29, 0.717) is 39.2 Å². The number of ether oxygens (including phenoxy) is 5. The molecule has 3 aromatic rings. The van der Waals surface area contributed by atoms with E-state index in [4.69, 9.17) is 23.7 Å². The molecule has 0 unspecified atom stereocenters. The lowest BCUT2D eigenvalue weighted by atomic mass is 9.94. The second-order valence-electron chi connectivity index (χ2n) is 11.9. The molecule has 5 rings (SSSR count). The molecule has 2 aliphatic rings. The normalized spacial score (nSPS) is 24.0. The lowest BCUT2D eigenvalue weighted by Gasteiger charge is -2.44. The molecule has 2 saturated heterocycles. The van der Waals surface area contributed by atoms with Gasteiger partial charge in [-0.1, -0.05) is 91.0 Å². The van der Waals surface area contributed by atoms with Crippen molar-refractivity contribution in [3.05, 3.63) is 120 Å². The molecule has 0 bridgehead atoms. The summed E-state index contributed by atoms with van der Waals surface area (Å²) in [6.07, 6.45) is 1.50. The number of nitrogens with one attached hydrogen (secondary N) is 1. The van der Waals surface area contributed by atoms with Gasteiger partial charge in [0, 0.05) is 12.6 Å². The first-order valence-corrected chi connectivity index (χ1v) is 16.4. The highest BCUT2D eigenvalue weighted by molar-refractivity contribution is 5.92. The third-order valence-corrected chi connectivity index (χ3v) is 8.56. The van der Waals surface area contributed by atoms with Crippen molar-refractivity contribution >= 4 is 17.8 Å². The Morgan fingerprint density at radius 2 is 1.31 bits per heavy atom. The number of likely N-dealkylation sites (tertiary alicyclic amines) is 1. The van der Waals surface area contributed by atoms with Crippen LogP contribution in [-0.2, 0) is 57.9 Å². The fraction of sp³-hybridized carbons (Fsp3) is 0.395. The Kier molecular flexibility index (Phi) is 12.9. The number of methoxy groups -OCH3 is 1. The van der Waals surface area contributed by atoms with Crippen LogP contribution in [0.5, 0.6) is 0 Å². The number of esters is 1. The van der Waals surface area contributed by atoms with Crippen molar-refractivity contribution < 1.29 is 38.1 Å². The third kappa shape index (κ3) is 9.60. The number of rotatable bonds is 14. The molecule has 0 spiro atoms. The van der Waals surface area contributed by atoms with Gasteiger partial charge in [-0.2, -0.15) is 0 Å². The monoisotopic (exact) mass is 656 g/mol. The molecule has 0 saturated carbocycles. The van der Waals surface area contributed by atoms with E-state index in [9.17, 15) is 14.4 Å². The van der Waals surface area contributed by atoms with Crippen LogP contribution in [0.1, 0.15) is 36.5 Å². The van der Waals surface area contributed by atoms with E-state index in [1.807, 2.05) is 97.9 Å². The number of hydrogen-bond acceptors (Lipinski definition) is 8. The Morgan fingerprint density at radius 1 is 0.792 bits per heavy atom. The highest BCUT2D eigenvalue weighted by Crippen LogP contribution is 2.31. The Hall–Kier alpha value is -4.35. The van der Waals surface area contributed by atoms with Crippen LogP contribution in [0.4, 0.5) is 0 Å². The number of carbonyl (C=O) groups is 3. The van der Waals surface area contributed by atoms with Crippen molar-refractivity contribution in [2.24, 2.45) is 0 Å². The van der Waals surface area contributed by atoms with Crippen molar-refractivity contribution in [3.8, 4) is 0 Å². The fourth-order valence-corrected chi connectivity index (χ4v) is 6.06. The predicted octanol–water partition coefficient (Wildman–Crippen LogP) is 4.37. The number of hydrogen-bond donors (Lipinski definition) is 1. The topological polar surface area (TPSA) is 113 Å².